The number of nitrogens with zero attached hydrogens (tertiary/aromatic N) is 2. The third-order valence-corrected chi connectivity index (χ3v) is 3.13. The molecule has 1 aliphatic rings. The zero-order valence-electron chi connectivity index (χ0n) is 10.3. The van der Waals surface area contributed by atoms with E-state index < -0.39 is 0 Å². The molecule has 0 atom stereocenters. The lowest BCUT2D eigenvalue weighted by molar-refractivity contribution is 0.0571. The van der Waals surface area contributed by atoms with E-state index in [-0.39, 0.29) is 11.6 Å². The van der Waals surface area contributed by atoms with Gasteiger partial charge in [-0.2, -0.15) is 0 Å². The van der Waals surface area contributed by atoms with Gasteiger partial charge in [0.15, 0.2) is 0 Å². The Morgan fingerprint density at radius 1 is 1.40 bits per heavy atom. The first-order valence-corrected chi connectivity index (χ1v) is 5.71. The fraction of sp³-hybridized carbons (Fsp3) is 0.909. The van der Waals surface area contributed by atoms with Gasteiger partial charge in [0.05, 0.1) is 0 Å². The van der Waals surface area contributed by atoms with E-state index in [9.17, 15) is 4.79 Å². The van der Waals surface area contributed by atoms with Crippen molar-refractivity contribution >= 4 is 6.03 Å². The van der Waals surface area contributed by atoms with Crippen LogP contribution in [0.25, 0.3) is 0 Å². The van der Waals surface area contributed by atoms with E-state index in [1.165, 1.54) is 0 Å². The summed E-state index contributed by atoms with van der Waals surface area (Å²) in [6.07, 6.45) is 0.989. The number of hydrogen-bond acceptors (Lipinski definition) is 2. The van der Waals surface area contributed by atoms with Gasteiger partial charge in [-0.3, -0.25) is 4.90 Å². The minimum Gasteiger partial charge on any atom is -0.338 e. The Kier molecular flexibility index (Phi) is 3.97. The number of likely N-dealkylation sites (N-methyl/N-ethyl adjacent to an activating group) is 1. The number of carbonyl (C=O) groups excluding carboxylic acids is 1. The number of hydrogen-bond donors (Lipinski definition) is 1. The minimum atomic E-state index is 0.0815. The van der Waals surface area contributed by atoms with Gasteiger partial charge in [0.1, 0.15) is 0 Å². The molecule has 0 radical (unpaired) electrons. The van der Waals surface area contributed by atoms with Crippen LogP contribution in [-0.2, 0) is 0 Å². The first kappa shape index (κ1) is 12.3. The summed E-state index contributed by atoms with van der Waals surface area (Å²) in [7, 11) is 2.11. The average Bonchev–Trinajstić information content (AvgIpc) is 2.18. The van der Waals surface area contributed by atoms with Crippen molar-refractivity contribution in [3.8, 4) is 0 Å². The molecule has 1 N–H and O–H groups in total. The second-order valence-corrected chi connectivity index (χ2v) is 4.89. The van der Waals surface area contributed by atoms with Crippen molar-refractivity contribution in [3.05, 3.63) is 0 Å². The second kappa shape index (κ2) is 4.84. The van der Waals surface area contributed by atoms with E-state index in [1.807, 2.05) is 4.90 Å². The second-order valence-electron chi connectivity index (χ2n) is 4.89. The molecule has 0 saturated carbocycles. The van der Waals surface area contributed by atoms with Gasteiger partial charge in [-0.15, -0.1) is 0 Å². The molecular weight excluding hydrogens is 190 g/mol. The molecule has 88 valence electrons. The smallest absolute Gasteiger partial charge is 0.317 e. The minimum absolute atomic E-state index is 0.0815. The third kappa shape index (κ3) is 3.09. The van der Waals surface area contributed by atoms with Gasteiger partial charge in [0.2, 0.25) is 0 Å². The summed E-state index contributed by atoms with van der Waals surface area (Å²) in [4.78, 5) is 16.0. The summed E-state index contributed by atoms with van der Waals surface area (Å²) in [5.74, 6) is 0. The molecule has 4 heteroatoms. The lowest BCUT2D eigenvalue weighted by Crippen LogP contribution is -2.60. The highest BCUT2D eigenvalue weighted by atomic mass is 16.2. The predicted molar refractivity (Wildman–Crippen MR) is 62.0 cm³/mol. The maximum atomic E-state index is 11.7. The molecule has 4 nitrogen and oxygen atoms in total. The van der Waals surface area contributed by atoms with E-state index in [4.69, 9.17) is 0 Å². The van der Waals surface area contributed by atoms with Gasteiger partial charge < -0.3 is 10.2 Å². The van der Waals surface area contributed by atoms with E-state index >= 15 is 0 Å². The summed E-state index contributed by atoms with van der Waals surface area (Å²) in [6.45, 7) is 9.76. The van der Waals surface area contributed by atoms with Crippen LogP contribution in [0.2, 0.25) is 0 Å². The molecule has 1 aliphatic heterocycles. The van der Waals surface area contributed by atoms with Crippen LogP contribution < -0.4 is 5.32 Å². The molecule has 0 aromatic carbocycles. The Balaban J connectivity index is 2.48. The molecule has 2 amide bonds. The number of urea groups is 1. The summed E-state index contributed by atoms with van der Waals surface area (Å²) < 4.78 is 0. The molecule has 0 bridgehead atoms. The molecule has 15 heavy (non-hydrogen) atoms. The number of piperazine rings is 1. The molecule has 0 spiro atoms. The molecule has 0 unspecified atom stereocenters. The van der Waals surface area contributed by atoms with Crippen LogP contribution in [0.1, 0.15) is 27.2 Å². The van der Waals surface area contributed by atoms with E-state index in [1.54, 1.807) is 0 Å². The zero-order chi connectivity index (χ0) is 11.5. The van der Waals surface area contributed by atoms with Crippen molar-refractivity contribution in [2.45, 2.75) is 32.7 Å². The van der Waals surface area contributed by atoms with Gasteiger partial charge in [0.25, 0.3) is 0 Å². The van der Waals surface area contributed by atoms with Crippen LogP contribution in [-0.4, -0.2) is 54.6 Å². The number of nitrogens with one attached hydrogen (secondary N) is 1. The number of amides is 2. The monoisotopic (exact) mass is 213 g/mol. The van der Waals surface area contributed by atoms with E-state index in [0.29, 0.717) is 0 Å². The first-order chi connectivity index (χ1) is 6.97. The van der Waals surface area contributed by atoms with Crippen molar-refractivity contribution < 1.29 is 4.79 Å². The predicted octanol–water partition coefficient (Wildman–Crippen LogP) is 1.13. The Morgan fingerprint density at radius 2 is 2.07 bits per heavy atom. The van der Waals surface area contributed by atoms with Crippen LogP contribution in [0, 0.1) is 0 Å². The molecule has 1 saturated heterocycles. The van der Waals surface area contributed by atoms with Crippen LogP contribution in [0.4, 0.5) is 4.79 Å². The lowest BCUT2D eigenvalue weighted by Gasteiger charge is -2.45. The van der Waals surface area contributed by atoms with Crippen molar-refractivity contribution in [2.75, 3.05) is 33.2 Å². The molecule has 0 aliphatic carbocycles. The Bertz CT molecular complexity index is 228. The van der Waals surface area contributed by atoms with Crippen LogP contribution in [0.5, 0.6) is 0 Å². The molecule has 0 aromatic rings. The fourth-order valence-corrected chi connectivity index (χ4v) is 1.76. The Morgan fingerprint density at radius 3 is 2.60 bits per heavy atom. The zero-order valence-corrected chi connectivity index (χ0v) is 10.3. The summed E-state index contributed by atoms with van der Waals surface area (Å²) >= 11 is 0. The Labute approximate surface area is 92.6 Å². The third-order valence-electron chi connectivity index (χ3n) is 3.13. The fourth-order valence-electron chi connectivity index (χ4n) is 1.76. The van der Waals surface area contributed by atoms with Crippen molar-refractivity contribution in [3.63, 3.8) is 0 Å². The normalized spacial score (nSPS) is 21.5. The molecule has 1 fully saturated rings. The van der Waals surface area contributed by atoms with Gasteiger partial charge in [-0.25, -0.2) is 4.79 Å². The molecular formula is C11H23N3O. The maximum Gasteiger partial charge on any atom is 0.317 e. The quantitative estimate of drug-likeness (QED) is 0.746. The van der Waals surface area contributed by atoms with Crippen molar-refractivity contribution in [1.29, 1.82) is 0 Å². The molecule has 0 aromatic heterocycles. The van der Waals surface area contributed by atoms with Crippen LogP contribution in [0.15, 0.2) is 0 Å². The van der Waals surface area contributed by atoms with Gasteiger partial charge in [-0.05, 0) is 27.3 Å². The Hall–Kier alpha value is -0.770. The summed E-state index contributed by atoms with van der Waals surface area (Å²) in [5, 5.41) is 2.92. The summed E-state index contributed by atoms with van der Waals surface area (Å²) in [6, 6.07) is 0.0815. The van der Waals surface area contributed by atoms with Crippen LogP contribution >= 0.6 is 0 Å². The van der Waals surface area contributed by atoms with E-state index in [0.717, 1.165) is 32.6 Å². The topological polar surface area (TPSA) is 35.6 Å². The van der Waals surface area contributed by atoms with Crippen molar-refractivity contribution in [1.82, 2.24) is 15.1 Å². The standard InChI is InChI=1S/C11H23N3O/c1-5-6-12-10(15)14-8-7-13(4)11(2,3)9-14/h5-9H2,1-4H3,(H,12,15). The summed E-state index contributed by atoms with van der Waals surface area (Å²) in [5.41, 5.74) is 0.0851. The van der Waals surface area contributed by atoms with Gasteiger partial charge in [-0.1, -0.05) is 6.92 Å². The van der Waals surface area contributed by atoms with Gasteiger partial charge >= 0.3 is 6.03 Å². The highest BCUT2D eigenvalue weighted by Crippen LogP contribution is 2.18. The molecule has 1 rings (SSSR count). The largest absolute Gasteiger partial charge is 0.338 e. The number of rotatable bonds is 2. The highest BCUT2D eigenvalue weighted by Gasteiger charge is 2.32. The average molecular weight is 213 g/mol. The lowest BCUT2D eigenvalue weighted by atomic mass is 10.0. The maximum absolute atomic E-state index is 11.7. The van der Waals surface area contributed by atoms with Crippen LogP contribution in [0.3, 0.4) is 0 Å². The highest BCUT2D eigenvalue weighted by molar-refractivity contribution is 5.74. The van der Waals surface area contributed by atoms with Gasteiger partial charge in [0, 0.05) is 31.7 Å². The van der Waals surface area contributed by atoms with Crippen molar-refractivity contribution in [2.24, 2.45) is 0 Å². The first-order valence-electron chi connectivity index (χ1n) is 5.71. The number of carbonyl (C=O) groups is 1. The SMILES string of the molecule is CCCNC(=O)N1CCN(C)C(C)(C)C1. The molecule has 1 heterocycles. The van der Waals surface area contributed by atoms with E-state index in [2.05, 4.69) is 38.0 Å².